The van der Waals surface area contributed by atoms with Gasteiger partial charge in [0.15, 0.2) is 0 Å². The van der Waals surface area contributed by atoms with E-state index in [0.29, 0.717) is 5.02 Å². The molecule has 1 amide bonds. The highest BCUT2D eigenvalue weighted by Crippen LogP contribution is 2.16. The lowest BCUT2D eigenvalue weighted by Crippen LogP contribution is -2.41. The molecule has 0 saturated carbocycles. The molecule has 2 N–H and O–H groups in total. The second kappa shape index (κ2) is 5.52. The number of rotatable bonds is 3. The Labute approximate surface area is 107 Å². The highest BCUT2D eigenvalue weighted by molar-refractivity contribution is 6.30. The van der Waals surface area contributed by atoms with E-state index in [1.165, 1.54) is 0 Å². The summed E-state index contributed by atoms with van der Waals surface area (Å²) in [7, 11) is 0. The zero-order valence-electron chi connectivity index (χ0n) is 9.87. The van der Waals surface area contributed by atoms with Gasteiger partial charge in [0.05, 0.1) is 12.1 Å². The first-order chi connectivity index (χ1) is 8.16. The van der Waals surface area contributed by atoms with Gasteiger partial charge in [-0.3, -0.25) is 4.79 Å². The number of halogens is 1. The minimum absolute atomic E-state index is 0.0159. The number of amides is 1. The zero-order chi connectivity index (χ0) is 12.3. The van der Waals surface area contributed by atoms with Crippen LogP contribution in [-0.4, -0.2) is 18.5 Å². The molecule has 2 rings (SSSR count). The Morgan fingerprint density at radius 1 is 1.47 bits per heavy atom. The first-order valence-corrected chi connectivity index (χ1v) is 6.34. The Bertz CT molecular complexity index is 385. The summed E-state index contributed by atoms with van der Waals surface area (Å²) < 4.78 is 0. The Morgan fingerprint density at radius 2 is 2.18 bits per heavy atom. The summed E-state index contributed by atoms with van der Waals surface area (Å²) in [6.07, 6.45) is 2.01. The predicted molar refractivity (Wildman–Crippen MR) is 69.0 cm³/mol. The van der Waals surface area contributed by atoms with Crippen LogP contribution in [0.15, 0.2) is 24.3 Å². The van der Waals surface area contributed by atoms with Crippen molar-refractivity contribution in [2.45, 2.75) is 31.8 Å². The SMILES string of the molecule is CC(NC(=O)[C@H]1CCCN1)c1ccc(Cl)cc1. The number of carbonyl (C=O) groups is 1. The number of benzene rings is 1. The minimum Gasteiger partial charge on any atom is -0.348 e. The molecule has 2 atom stereocenters. The van der Waals surface area contributed by atoms with Crippen molar-refractivity contribution in [1.29, 1.82) is 0 Å². The third-order valence-electron chi connectivity index (χ3n) is 3.11. The molecule has 1 aliphatic heterocycles. The Balaban J connectivity index is 1.93. The van der Waals surface area contributed by atoms with Crippen molar-refractivity contribution in [3.8, 4) is 0 Å². The maximum atomic E-state index is 11.9. The summed E-state index contributed by atoms with van der Waals surface area (Å²) in [4.78, 5) is 11.9. The van der Waals surface area contributed by atoms with E-state index >= 15 is 0 Å². The van der Waals surface area contributed by atoms with Gasteiger partial charge in [-0.2, -0.15) is 0 Å². The average molecular weight is 253 g/mol. The van der Waals surface area contributed by atoms with Gasteiger partial charge < -0.3 is 10.6 Å². The molecule has 0 radical (unpaired) electrons. The lowest BCUT2D eigenvalue weighted by atomic mass is 10.1. The van der Waals surface area contributed by atoms with Gasteiger partial charge in [-0.25, -0.2) is 0 Å². The normalized spacial score (nSPS) is 21.2. The van der Waals surface area contributed by atoms with Crippen molar-refractivity contribution < 1.29 is 4.79 Å². The third kappa shape index (κ3) is 3.20. The molecular formula is C13H17ClN2O. The second-order valence-corrected chi connectivity index (χ2v) is 4.87. The molecule has 92 valence electrons. The quantitative estimate of drug-likeness (QED) is 0.867. The fourth-order valence-corrected chi connectivity index (χ4v) is 2.18. The monoisotopic (exact) mass is 252 g/mol. The number of carbonyl (C=O) groups excluding carboxylic acids is 1. The van der Waals surface area contributed by atoms with Crippen LogP contribution in [0.1, 0.15) is 31.4 Å². The number of hydrogen-bond acceptors (Lipinski definition) is 2. The molecule has 4 heteroatoms. The topological polar surface area (TPSA) is 41.1 Å². The molecule has 1 aliphatic rings. The van der Waals surface area contributed by atoms with E-state index in [-0.39, 0.29) is 18.0 Å². The van der Waals surface area contributed by atoms with Gasteiger partial charge >= 0.3 is 0 Å². The lowest BCUT2D eigenvalue weighted by Gasteiger charge is -2.17. The second-order valence-electron chi connectivity index (χ2n) is 4.43. The average Bonchev–Trinajstić information content (AvgIpc) is 2.83. The van der Waals surface area contributed by atoms with Crippen molar-refractivity contribution >= 4 is 17.5 Å². The van der Waals surface area contributed by atoms with Crippen LogP contribution < -0.4 is 10.6 Å². The molecule has 1 aromatic carbocycles. The molecule has 0 spiro atoms. The van der Waals surface area contributed by atoms with Gasteiger partial charge in [-0.15, -0.1) is 0 Å². The van der Waals surface area contributed by atoms with Crippen LogP contribution in [0.4, 0.5) is 0 Å². The van der Waals surface area contributed by atoms with Crippen molar-refractivity contribution in [3.63, 3.8) is 0 Å². The van der Waals surface area contributed by atoms with Gasteiger partial charge in [0, 0.05) is 5.02 Å². The summed E-state index contributed by atoms with van der Waals surface area (Å²) in [5, 5.41) is 6.91. The summed E-state index contributed by atoms with van der Waals surface area (Å²) in [6, 6.07) is 7.55. The molecule has 0 aliphatic carbocycles. The van der Waals surface area contributed by atoms with Gasteiger partial charge in [0.25, 0.3) is 0 Å². The Kier molecular flexibility index (Phi) is 4.02. The maximum Gasteiger partial charge on any atom is 0.237 e. The molecule has 0 bridgehead atoms. The standard InChI is InChI=1S/C13H17ClN2O/c1-9(10-4-6-11(14)7-5-10)16-13(17)12-3-2-8-15-12/h4-7,9,12,15H,2-3,8H2,1H3,(H,16,17)/t9?,12-/m1/s1. The first kappa shape index (κ1) is 12.4. The van der Waals surface area contributed by atoms with Crippen LogP contribution in [0.5, 0.6) is 0 Å². The van der Waals surface area contributed by atoms with Crippen LogP contribution in [0.3, 0.4) is 0 Å². The van der Waals surface area contributed by atoms with E-state index in [9.17, 15) is 4.79 Å². The maximum absolute atomic E-state index is 11.9. The Hall–Kier alpha value is -1.06. The molecule has 17 heavy (non-hydrogen) atoms. The fourth-order valence-electron chi connectivity index (χ4n) is 2.06. The molecular weight excluding hydrogens is 236 g/mol. The Morgan fingerprint density at radius 3 is 2.76 bits per heavy atom. The summed E-state index contributed by atoms with van der Waals surface area (Å²) in [5.74, 6) is 0.0879. The van der Waals surface area contributed by atoms with Crippen LogP contribution >= 0.6 is 11.6 Å². The summed E-state index contributed by atoms with van der Waals surface area (Å²) in [5.41, 5.74) is 1.07. The summed E-state index contributed by atoms with van der Waals surface area (Å²) >= 11 is 5.83. The van der Waals surface area contributed by atoms with Crippen molar-refractivity contribution in [2.24, 2.45) is 0 Å². The van der Waals surface area contributed by atoms with Crippen LogP contribution in [0, 0.1) is 0 Å². The molecule has 1 aromatic rings. The van der Waals surface area contributed by atoms with Crippen LogP contribution in [0.25, 0.3) is 0 Å². The van der Waals surface area contributed by atoms with E-state index in [0.717, 1.165) is 24.9 Å². The molecule has 3 nitrogen and oxygen atoms in total. The number of hydrogen-bond donors (Lipinski definition) is 2. The lowest BCUT2D eigenvalue weighted by molar-refractivity contribution is -0.123. The van der Waals surface area contributed by atoms with Gasteiger partial charge in [-0.1, -0.05) is 23.7 Å². The molecule has 1 unspecified atom stereocenters. The van der Waals surface area contributed by atoms with Crippen molar-refractivity contribution in [3.05, 3.63) is 34.9 Å². The molecule has 1 saturated heterocycles. The van der Waals surface area contributed by atoms with Gasteiger partial charge in [0.1, 0.15) is 0 Å². The third-order valence-corrected chi connectivity index (χ3v) is 3.36. The molecule has 1 fully saturated rings. The summed E-state index contributed by atoms with van der Waals surface area (Å²) in [6.45, 7) is 2.92. The van der Waals surface area contributed by atoms with Crippen molar-refractivity contribution in [1.82, 2.24) is 10.6 Å². The molecule has 1 heterocycles. The van der Waals surface area contributed by atoms with Crippen LogP contribution in [-0.2, 0) is 4.79 Å². The molecule has 0 aromatic heterocycles. The van der Waals surface area contributed by atoms with E-state index in [2.05, 4.69) is 10.6 Å². The highest BCUT2D eigenvalue weighted by atomic mass is 35.5. The zero-order valence-corrected chi connectivity index (χ0v) is 10.6. The largest absolute Gasteiger partial charge is 0.348 e. The van der Waals surface area contributed by atoms with E-state index in [1.54, 1.807) is 0 Å². The van der Waals surface area contributed by atoms with E-state index in [1.807, 2.05) is 31.2 Å². The first-order valence-electron chi connectivity index (χ1n) is 5.96. The van der Waals surface area contributed by atoms with Gasteiger partial charge in [0.2, 0.25) is 5.91 Å². The van der Waals surface area contributed by atoms with E-state index < -0.39 is 0 Å². The smallest absolute Gasteiger partial charge is 0.237 e. The minimum atomic E-state index is -0.0234. The predicted octanol–water partition coefficient (Wildman–Crippen LogP) is 2.27. The highest BCUT2D eigenvalue weighted by Gasteiger charge is 2.23. The van der Waals surface area contributed by atoms with Crippen molar-refractivity contribution in [2.75, 3.05) is 6.54 Å². The van der Waals surface area contributed by atoms with Crippen LogP contribution in [0.2, 0.25) is 5.02 Å². The number of nitrogens with one attached hydrogen (secondary N) is 2. The van der Waals surface area contributed by atoms with Gasteiger partial charge in [-0.05, 0) is 44.0 Å². The fraction of sp³-hybridized carbons (Fsp3) is 0.462. The van der Waals surface area contributed by atoms with E-state index in [4.69, 9.17) is 11.6 Å².